The summed E-state index contributed by atoms with van der Waals surface area (Å²) in [5, 5.41) is 8.99. The summed E-state index contributed by atoms with van der Waals surface area (Å²) in [4.78, 5) is 2.35. The van der Waals surface area contributed by atoms with Gasteiger partial charge in [-0.1, -0.05) is 30.3 Å². The average molecular weight is 229 g/mol. The number of rotatable bonds is 3. The summed E-state index contributed by atoms with van der Waals surface area (Å²) in [5.74, 6) is 0. The third-order valence-corrected chi connectivity index (χ3v) is 3.40. The van der Waals surface area contributed by atoms with Crippen molar-refractivity contribution in [3.8, 4) is 6.07 Å². The second kappa shape index (κ2) is 5.81. The van der Waals surface area contributed by atoms with Gasteiger partial charge in [0.25, 0.3) is 0 Å². The average Bonchev–Trinajstić information content (AvgIpc) is 2.37. The molecule has 3 heteroatoms. The molecule has 1 fully saturated rings. The van der Waals surface area contributed by atoms with Crippen LogP contribution in [0.15, 0.2) is 30.3 Å². The Labute approximate surface area is 103 Å². The van der Waals surface area contributed by atoms with Crippen LogP contribution in [-0.2, 0) is 0 Å². The molecule has 2 atom stereocenters. The Hall–Kier alpha value is -1.37. The lowest BCUT2D eigenvalue weighted by molar-refractivity contribution is 0.151. The molecule has 1 heterocycles. The van der Waals surface area contributed by atoms with Crippen molar-refractivity contribution < 1.29 is 0 Å². The lowest BCUT2D eigenvalue weighted by Gasteiger charge is -2.36. The third kappa shape index (κ3) is 3.06. The third-order valence-electron chi connectivity index (χ3n) is 3.40. The molecule has 17 heavy (non-hydrogen) atoms. The van der Waals surface area contributed by atoms with Gasteiger partial charge in [-0.3, -0.25) is 4.90 Å². The number of piperidine rings is 1. The van der Waals surface area contributed by atoms with Gasteiger partial charge in [-0.05, 0) is 24.9 Å². The number of likely N-dealkylation sites (tertiary alicyclic amines) is 1. The Balaban J connectivity index is 2.14. The maximum atomic E-state index is 8.99. The van der Waals surface area contributed by atoms with Crippen LogP contribution in [0.25, 0.3) is 0 Å². The van der Waals surface area contributed by atoms with Gasteiger partial charge in [-0.15, -0.1) is 0 Å². The Morgan fingerprint density at radius 1 is 1.41 bits per heavy atom. The highest BCUT2D eigenvalue weighted by Gasteiger charge is 2.24. The van der Waals surface area contributed by atoms with E-state index in [1.54, 1.807) is 0 Å². The monoisotopic (exact) mass is 229 g/mol. The molecule has 90 valence electrons. The normalized spacial score (nSPS) is 22.9. The van der Waals surface area contributed by atoms with E-state index >= 15 is 0 Å². The van der Waals surface area contributed by atoms with Crippen LogP contribution < -0.4 is 5.73 Å². The van der Waals surface area contributed by atoms with Crippen LogP contribution in [-0.4, -0.2) is 24.0 Å². The minimum atomic E-state index is 0.201. The smallest absolute Gasteiger partial charge is 0.0641 e. The molecule has 1 saturated heterocycles. The molecule has 1 aliphatic heterocycles. The van der Waals surface area contributed by atoms with E-state index in [9.17, 15) is 0 Å². The van der Waals surface area contributed by atoms with Crippen molar-refractivity contribution in [2.75, 3.05) is 13.1 Å². The number of nitrogens with two attached hydrogens (primary N) is 1. The number of benzene rings is 1. The first-order chi connectivity index (χ1) is 8.31. The van der Waals surface area contributed by atoms with E-state index in [1.807, 2.05) is 18.2 Å². The maximum absolute atomic E-state index is 8.99. The Morgan fingerprint density at radius 2 is 2.18 bits per heavy atom. The number of nitrogens with zero attached hydrogens (tertiary/aromatic N) is 2. The van der Waals surface area contributed by atoms with Gasteiger partial charge in [-0.2, -0.15) is 5.26 Å². The highest BCUT2D eigenvalue weighted by atomic mass is 15.2. The van der Waals surface area contributed by atoms with Crippen LogP contribution in [0.5, 0.6) is 0 Å². The van der Waals surface area contributed by atoms with E-state index in [-0.39, 0.29) is 12.1 Å². The predicted molar refractivity (Wildman–Crippen MR) is 68.2 cm³/mol. The molecule has 0 aliphatic carbocycles. The van der Waals surface area contributed by atoms with Crippen molar-refractivity contribution in [3.05, 3.63) is 35.9 Å². The van der Waals surface area contributed by atoms with E-state index < -0.39 is 0 Å². The second-order valence-corrected chi connectivity index (χ2v) is 4.69. The van der Waals surface area contributed by atoms with Gasteiger partial charge in [-0.25, -0.2) is 0 Å². The van der Waals surface area contributed by atoms with Crippen molar-refractivity contribution in [1.29, 1.82) is 5.26 Å². The summed E-state index contributed by atoms with van der Waals surface area (Å²) in [5.41, 5.74) is 7.24. The van der Waals surface area contributed by atoms with Gasteiger partial charge < -0.3 is 5.73 Å². The van der Waals surface area contributed by atoms with Crippen molar-refractivity contribution >= 4 is 0 Å². The molecule has 0 amide bonds. The minimum Gasteiger partial charge on any atom is -0.327 e. The summed E-state index contributed by atoms with van der Waals surface area (Å²) in [6.45, 7) is 1.95. The largest absolute Gasteiger partial charge is 0.327 e. The van der Waals surface area contributed by atoms with Gasteiger partial charge in [0.15, 0.2) is 0 Å². The van der Waals surface area contributed by atoms with Gasteiger partial charge in [0, 0.05) is 18.6 Å². The summed E-state index contributed by atoms with van der Waals surface area (Å²) in [6.07, 6.45) is 2.78. The molecule has 1 aromatic rings. The Bertz CT molecular complexity index is 382. The zero-order valence-electron chi connectivity index (χ0n) is 10.0. The van der Waals surface area contributed by atoms with Crippen LogP contribution in [0.4, 0.5) is 0 Å². The molecule has 2 N–H and O–H groups in total. The highest BCUT2D eigenvalue weighted by Crippen LogP contribution is 2.26. The maximum Gasteiger partial charge on any atom is 0.0641 e. The summed E-state index contributed by atoms with van der Waals surface area (Å²) < 4.78 is 0. The van der Waals surface area contributed by atoms with E-state index in [4.69, 9.17) is 11.0 Å². The molecule has 0 saturated carbocycles. The summed E-state index contributed by atoms with van der Waals surface area (Å²) in [6, 6.07) is 13.0. The number of hydrogen-bond donors (Lipinski definition) is 1. The predicted octanol–water partition coefficient (Wildman–Crippen LogP) is 2.06. The fourth-order valence-corrected chi connectivity index (χ4v) is 2.54. The quantitative estimate of drug-likeness (QED) is 0.863. The minimum absolute atomic E-state index is 0.201. The number of hydrogen-bond acceptors (Lipinski definition) is 3. The molecule has 1 aromatic carbocycles. The highest BCUT2D eigenvalue weighted by molar-refractivity contribution is 5.20. The molecule has 0 radical (unpaired) electrons. The second-order valence-electron chi connectivity index (χ2n) is 4.69. The van der Waals surface area contributed by atoms with Crippen LogP contribution >= 0.6 is 0 Å². The topological polar surface area (TPSA) is 53.0 Å². The summed E-state index contributed by atoms with van der Waals surface area (Å²) >= 11 is 0. The van der Waals surface area contributed by atoms with E-state index in [1.165, 1.54) is 5.56 Å². The first kappa shape index (κ1) is 12.1. The van der Waals surface area contributed by atoms with Crippen LogP contribution in [0.2, 0.25) is 0 Å². The van der Waals surface area contributed by atoms with E-state index in [0.29, 0.717) is 6.42 Å². The first-order valence-electron chi connectivity index (χ1n) is 6.23. The van der Waals surface area contributed by atoms with Crippen molar-refractivity contribution in [1.82, 2.24) is 4.90 Å². The molecule has 0 aromatic heterocycles. The van der Waals surface area contributed by atoms with E-state index in [2.05, 4.69) is 23.1 Å². The fourth-order valence-electron chi connectivity index (χ4n) is 2.54. The first-order valence-corrected chi connectivity index (χ1v) is 6.23. The van der Waals surface area contributed by atoms with Crippen LogP contribution in [0, 0.1) is 11.3 Å². The summed E-state index contributed by atoms with van der Waals surface area (Å²) in [7, 11) is 0. The van der Waals surface area contributed by atoms with Crippen molar-refractivity contribution in [2.24, 2.45) is 5.73 Å². The van der Waals surface area contributed by atoms with E-state index in [0.717, 1.165) is 25.9 Å². The Kier molecular flexibility index (Phi) is 4.13. The van der Waals surface area contributed by atoms with Gasteiger partial charge >= 0.3 is 0 Å². The van der Waals surface area contributed by atoms with Gasteiger partial charge in [0.1, 0.15) is 0 Å². The molecule has 3 nitrogen and oxygen atoms in total. The standard InChI is InChI=1S/C14H19N3/c15-9-8-14(12-5-2-1-3-6-12)17-10-4-7-13(16)11-17/h1-3,5-6,13-14H,4,7-8,10-11,16H2/t13-,14?/m1/s1. The molecule has 1 unspecified atom stereocenters. The zero-order valence-corrected chi connectivity index (χ0v) is 10.0. The molecular weight excluding hydrogens is 210 g/mol. The fraction of sp³-hybridized carbons (Fsp3) is 0.500. The number of nitriles is 1. The SMILES string of the molecule is N#CCC(c1ccccc1)N1CCC[C@@H](N)C1. The zero-order chi connectivity index (χ0) is 12.1. The lowest BCUT2D eigenvalue weighted by Crippen LogP contribution is -2.44. The molecule has 0 spiro atoms. The van der Waals surface area contributed by atoms with Crippen LogP contribution in [0.1, 0.15) is 30.9 Å². The molecule has 1 aliphatic rings. The molecule has 2 rings (SSSR count). The lowest BCUT2D eigenvalue weighted by atomic mass is 9.98. The molecule has 0 bridgehead atoms. The molecular formula is C14H19N3. The van der Waals surface area contributed by atoms with Crippen molar-refractivity contribution in [3.63, 3.8) is 0 Å². The van der Waals surface area contributed by atoms with Gasteiger partial charge in [0.05, 0.1) is 12.5 Å². The Morgan fingerprint density at radius 3 is 2.82 bits per heavy atom. The van der Waals surface area contributed by atoms with Crippen LogP contribution in [0.3, 0.4) is 0 Å². The van der Waals surface area contributed by atoms with Crippen molar-refractivity contribution in [2.45, 2.75) is 31.3 Å². The van der Waals surface area contributed by atoms with Gasteiger partial charge in [0.2, 0.25) is 0 Å².